The van der Waals surface area contributed by atoms with E-state index in [1.165, 1.54) is 77.0 Å². The van der Waals surface area contributed by atoms with Crippen molar-refractivity contribution in [1.29, 1.82) is 0 Å². The maximum Gasteiger partial charge on any atom is 0.312 e. The van der Waals surface area contributed by atoms with E-state index in [0.29, 0.717) is 0 Å². The molecule has 0 saturated heterocycles. The van der Waals surface area contributed by atoms with Gasteiger partial charge in [-0.3, -0.25) is 4.79 Å². The molecule has 0 heterocycles. The highest BCUT2D eigenvalue weighted by atomic mass is 16.5. The van der Waals surface area contributed by atoms with Crippen LogP contribution in [0, 0.1) is 23.2 Å². The Morgan fingerprint density at radius 2 is 1.25 bits per heavy atom. The standard InChI is InChI=1S/C26H46O2/c1-3-5-6-7-8-9-10-11-12-14-24(13-4-2)28-25(27)26-18-21-15-22(19-26)17-23(16-21)20-26/h21-24H,3-20H2,1-2H3. The molecule has 2 nitrogen and oxygen atoms in total. The molecule has 1 atom stereocenters. The summed E-state index contributed by atoms with van der Waals surface area (Å²) in [5, 5.41) is 0. The quantitative estimate of drug-likeness (QED) is 0.223. The maximum absolute atomic E-state index is 13.2. The molecular formula is C26H46O2. The molecule has 1 unspecified atom stereocenters. The Morgan fingerprint density at radius 3 is 1.75 bits per heavy atom. The van der Waals surface area contributed by atoms with Crippen LogP contribution in [0.25, 0.3) is 0 Å². The van der Waals surface area contributed by atoms with E-state index >= 15 is 0 Å². The van der Waals surface area contributed by atoms with Gasteiger partial charge >= 0.3 is 5.97 Å². The molecule has 0 radical (unpaired) electrons. The smallest absolute Gasteiger partial charge is 0.312 e. The second-order valence-electron chi connectivity index (χ2n) is 10.6. The van der Waals surface area contributed by atoms with E-state index in [-0.39, 0.29) is 17.5 Å². The molecule has 0 amide bonds. The summed E-state index contributed by atoms with van der Waals surface area (Å²) in [5.41, 5.74) is -0.0841. The number of hydrogen-bond acceptors (Lipinski definition) is 2. The SMILES string of the molecule is CCCCCCCCCCCC(CCC)OC(=O)C12CC3CC(CC(C3)C1)C2. The van der Waals surface area contributed by atoms with E-state index in [9.17, 15) is 4.79 Å². The van der Waals surface area contributed by atoms with Crippen LogP contribution >= 0.6 is 0 Å². The normalized spacial score (nSPS) is 31.9. The molecular weight excluding hydrogens is 344 g/mol. The van der Waals surface area contributed by atoms with Crippen LogP contribution in [0.4, 0.5) is 0 Å². The van der Waals surface area contributed by atoms with Gasteiger partial charge in [-0.05, 0) is 75.5 Å². The fourth-order valence-electron chi connectivity index (χ4n) is 6.90. The predicted molar refractivity (Wildman–Crippen MR) is 117 cm³/mol. The summed E-state index contributed by atoms with van der Waals surface area (Å²) in [4.78, 5) is 13.2. The first-order valence-electron chi connectivity index (χ1n) is 12.9. The molecule has 4 aliphatic rings. The summed E-state index contributed by atoms with van der Waals surface area (Å²) < 4.78 is 6.21. The van der Waals surface area contributed by atoms with Gasteiger partial charge in [0.05, 0.1) is 5.41 Å². The molecule has 2 heteroatoms. The molecule has 0 N–H and O–H groups in total. The molecule has 0 aromatic heterocycles. The van der Waals surface area contributed by atoms with Crippen LogP contribution in [0.1, 0.15) is 129 Å². The van der Waals surface area contributed by atoms with Gasteiger partial charge in [-0.2, -0.15) is 0 Å². The Bertz CT molecular complexity index is 434. The van der Waals surface area contributed by atoms with Crippen LogP contribution in [-0.2, 0) is 9.53 Å². The van der Waals surface area contributed by atoms with Gasteiger partial charge in [0.2, 0.25) is 0 Å². The van der Waals surface area contributed by atoms with Gasteiger partial charge in [0.25, 0.3) is 0 Å². The van der Waals surface area contributed by atoms with Gasteiger partial charge < -0.3 is 4.74 Å². The maximum atomic E-state index is 13.2. The molecule has 4 saturated carbocycles. The van der Waals surface area contributed by atoms with Crippen molar-refractivity contribution < 1.29 is 9.53 Å². The highest BCUT2D eigenvalue weighted by molar-refractivity contribution is 5.77. The van der Waals surface area contributed by atoms with Crippen LogP contribution in [0.15, 0.2) is 0 Å². The zero-order valence-corrected chi connectivity index (χ0v) is 18.9. The Labute approximate surface area is 174 Å². The van der Waals surface area contributed by atoms with E-state index in [0.717, 1.165) is 56.3 Å². The van der Waals surface area contributed by atoms with Crippen molar-refractivity contribution in [3.05, 3.63) is 0 Å². The topological polar surface area (TPSA) is 26.3 Å². The number of carbonyl (C=O) groups excluding carboxylic acids is 1. The highest BCUT2D eigenvalue weighted by Gasteiger charge is 2.55. The van der Waals surface area contributed by atoms with Gasteiger partial charge in [-0.15, -0.1) is 0 Å². The third kappa shape index (κ3) is 5.99. The minimum Gasteiger partial charge on any atom is -0.462 e. The third-order valence-electron chi connectivity index (χ3n) is 7.99. The first-order valence-corrected chi connectivity index (χ1v) is 12.9. The monoisotopic (exact) mass is 390 g/mol. The van der Waals surface area contributed by atoms with Crippen molar-refractivity contribution in [1.82, 2.24) is 0 Å². The number of carbonyl (C=O) groups is 1. The Kier molecular flexibility index (Phi) is 8.72. The van der Waals surface area contributed by atoms with Crippen LogP contribution in [0.3, 0.4) is 0 Å². The molecule has 28 heavy (non-hydrogen) atoms. The zero-order valence-electron chi connectivity index (χ0n) is 18.9. The first kappa shape index (κ1) is 22.2. The number of esters is 1. The van der Waals surface area contributed by atoms with Crippen molar-refractivity contribution in [2.75, 3.05) is 0 Å². The molecule has 4 rings (SSSR count). The minimum atomic E-state index is -0.0841. The van der Waals surface area contributed by atoms with E-state index < -0.39 is 0 Å². The minimum absolute atomic E-state index is 0.0841. The van der Waals surface area contributed by atoms with Gasteiger partial charge in [0.15, 0.2) is 0 Å². The van der Waals surface area contributed by atoms with Crippen LogP contribution in [-0.4, -0.2) is 12.1 Å². The van der Waals surface area contributed by atoms with Crippen molar-refractivity contribution >= 4 is 5.97 Å². The average Bonchev–Trinajstić information content (AvgIpc) is 2.65. The van der Waals surface area contributed by atoms with Crippen molar-refractivity contribution in [3.63, 3.8) is 0 Å². The van der Waals surface area contributed by atoms with E-state index in [2.05, 4.69) is 13.8 Å². The Morgan fingerprint density at radius 1 is 0.750 bits per heavy atom. The number of unbranched alkanes of at least 4 members (excludes halogenated alkanes) is 8. The number of hydrogen-bond donors (Lipinski definition) is 0. The number of ether oxygens (including phenoxy) is 1. The molecule has 4 bridgehead atoms. The van der Waals surface area contributed by atoms with Gasteiger partial charge in [-0.25, -0.2) is 0 Å². The lowest BCUT2D eigenvalue weighted by atomic mass is 9.49. The highest BCUT2D eigenvalue weighted by Crippen LogP contribution is 2.60. The molecule has 4 aliphatic carbocycles. The van der Waals surface area contributed by atoms with E-state index in [1.54, 1.807) is 0 Å². The molecule has 4 fully saturated rings. The summed E-state index contributed by atoms with van der Waals surface area (Å²) in [6.45, 7) is 4.50. The Balaban J connectivity index is 1.36. The predicted octanol–water partition coefficient (Wildman–Crippen LogP) is 7.84. The molecule has 0 spiro atoms. The number of rotatable bonds is 14. The fraction of sp³-hybridized carbons (Fsp3) is 0.962. The summed E-state index contributed by atoms with van der Waals surface area (Å²) in [7, 11) is 0. The van der Waals surface area contributed by atoms with Crippen molar-refractivity contribution in [2.45, 2.75) is 136 Å². The largest absolute Gasteiger partial charge is 0.462 e. The lowest BCUT2D eigenvalue weighted by Gasteiger charge is -2.55. The molecule has 0 aromatic rings. The second kappa shape index (κ2) is 11.0. The lowest BCUT2D eigenvalue weighted by Crippen LogP contribution is -2.51. The Hall–Kier alpha value is -0.530. The van der Waals surface area contributed by atoms with Crippen molar-refractivity contribution in [2.24, 2.45) is 23.2 Å². The van der Waals surface area contributed by atoms with Gasteiger partial charge in [0, 0.05) is 0 Å². The lowest BCUT2D eigenvalue weighted by molar-refractivity contribution is -0.177. The van der Waals surface area contributed by atoms with Crippen LogP contribution < -0.4 is 0 Å². The van der Waals surface area contributed by atoms with Crippen LogP contribution in [0.5, 0.6) is 0 Å². The summed E-state index contributed by atoms with van der Waals surface area (Å²) >= 11 is 0. The van der Waals surface area contributed by atoms with E-state index in [4.69, 9.17) is 4.74 Å². The summed E-state index contributed by atoms with van der Waals surface area (Å²) in [5.74, 6) is 2.66. The van der Waals surface area contributed by atoms with Gasteiger partial charge in [-0.1, -0.05) is 71.6 Å². The first-order chi connectivity index (χ1) is 13.6. The fourth-order valence-corrected chi connectivity index (χ4v) is 6.90. The van der Waals surface area contributed by atoms with E-state index in [1.807, 2.05) is 0 Å². The second-order valence-corrected chi connectivity index (χ2v) is 10.6. The van der Waals surface area contributed by atoms with Crippen LogP contribution in [0.2, 0.25) is 0 Å². The zero-order chi connectivity index (χ0) is 19.8. The molecule has 162 valence electrons. The molecule has 0 aliphatic heterocycles. The summed E-state index contributed by atoms with van der Waals surface area (Å²) in [6.07, 6.45) is 23.2. The summed E-state index contributed by atoms with van der Waals surface area (Å²) in [6, 6.07) is 0. The van der Waals surface area contributed by atoms with Crippen molar-refractivity contribution in [3.8, 4) is 0 Å². The third-order valence-corrected chi connectivity index (χ3v) is 7.99. The average molecular weight is 391 g/mol. The molecule has 0 aromatic carbocycles. The van der Waals surface area contributed by atoms with Gasteiger partial charge in [0.1, 0.15) is 6.10 Å².